The summed E-state index contributed by atoms with van der Waals surface area (Å²) in [5.41, 5.74) is 5.03. The number of nitrogens with one attached hydrogen (secondary N) is 4. The number of likely N-dealkylation sites (tertiary alicyclic amines) is 2. The first kappa shape index (κ1) is 39.9. The minimum absolute atomic E-state index is 0.0928. The molecule has 0 spiro atoms. The molecule has 6 heterocycles. The fourth-order valence-corrected chi connectivity index (χ4v) is 10.5. The molecule has 4 aliphatic heterocycles. The van der Waals surface area contributed by atoms with E-state index in [2.05, 4.69) is 32.4 Å². The molecule has 2 aromatic carbocycles. The van der Waals surface area contributed by atoms with Crippen LogP contribution in [0.15, 0.2) is 60.9 Å². The number of carboxylic acid groups (broad SMARTS) is 2. The second-order valence-corrected chi connectivity index (χ2v) is 17.7. The summed E-state index contributed by atoms with van der Waals surface area (Å²) in [4.78, 5) is 71.9. The van der Waals surface area contributed by atoms with Gasteiger partial charge < -0.3 is 50.1 Å². The molecule has 16 nitrogen and oxygen atoms in total. The molecule has 322 valence electrons. The zero-order valence-electron chi connectivity index (χ0n) is 34.2. The van der Waals surface area contributed by atoms with Gasteiger partial charge in [-0.2, -0.15) is 0 Å². The smallest absolute Gasteiger partial charge is 0.405 e. The molecule has 4 amide bonds. The SMILES string of the molecule is O=C(O)N[C@H](C(=O)N1[C@@H]2C[C@@H]2C[C@H]1c1ncc(-c2cccc(C#Cc3cccc(-c4cnc([C@@H]5C[C@H]6C[C@H]6N5C(=O)[C@@H](NC(=O)O)C5CCOCC5)[nH]4)c3)c2)[nH]1)C1CCOCC1. The number of carbonyl (C=O) groups is 4. The lowest BCUT2D eigenvalue weighted by Gasteiger charge is -2.35. The molecule has 4 saturated heterocycles. The first-order valence-corrected chi connectivity index (χ1v) is 21.8. The highest BCUT2D eigenvalue weighted by molar-refractivity contribution is 5.88. The topological polar surface area (TPSA) is 215 Å². The van der Waals surface area contributed by atoms with Gasteiger partial charge in [0.25, 0.3) is 0 Å². The Labute approximate surface area is 358 Å². The van der Waals surface area contributed by atoms with Gasteiger partial charge in [-0.25, -0.2) is 19.6 Å². The monoisotopic (exact) mass is 842 g/mol. The van der Waals surface area contributed by atoms with Gasteiger partial charge in [-0.1, -0.05) is 36.1 Å². The van der Waals surface area contributed by atoms with Crippen LogP contribution >= 0.6 is 0 Å². The third kappa shape index (κ3) is 8.02. The predicted octanol–water partition coefficient (Wildman–Crippen LogP) is 5.32. The van der Waals surface area contributed by atoms with Crippen LogP contribution in [-0.2, 0) is 19.1 Å². The number of fused-ring (bicyclic) bond motifs is 2. The summed E-state index contributed by atoms with van der Waals surface area (Å²) in [5, 5.41) is 24.3. The van der Waals surface area contributed by atoms with Crippen LogP contribution in [0.2, 0.25) is 0 Å². The van der Waals surface area contributed by atoms with Gasteiger partial charge >= 0.3 is 12.2 Å². The van der Waals surface area contributed by atoms with Crippen molar-refractivity contribution < 1.29 is 38.9 Å². The van der Waals surface area contributed by atoms with Gasteiger partial charge in [0.15, 0.2) is 0 Å². The Morgan fingerprint density at radius 2 is 1.06 bits per heavy atom. The molecule has 6 N–H and O–H groups in total. The van der Waals surface area contributed by atoms with Crippen LogP contribution in [0, 0.1) is 35.5 Å². The zero-order chi connectivity index (χ0) is 42.5. The molecule has 0 unspecified atom stereocenters. The minimum atomic E-state index is -1.20. The number of carbonyl (C=O) groups excluding carboxylic acids is 2. The van der Waals surface area contributed by atoms with Gasteiger partial charge in [0.2, 0.25) is 11.8 Å². The lowest BCUT2D eigenvalue weighted by atomic mass is 9.90. The Bertz CT molecular complexity index is 2260. The van der Waals surface area contributed by atoms with Crippen molar-refractivity contribution in [3.63, 3.8) is 0 Å². The lowest BCUT2D eigenvalue weighted by molar-refractivity contribution is -0.138. The molecule has 2 aliphatic carbocycles. The normalized spacial score (nSPS) is 26.4. The first-order chi connectivity index (χ1) is 30.2. The van der Waals surface area contributed by atoms with Crippen molar-refractivity contribution in [2.45, 2.75) is 87.6 Å². The molecule has 2 aromatic heterocycles. The van der Waals surface area contributed by atoms with Gasteiger partial charge in [-0.15, -0.1) is 0 Å². The highest BCUT2D eigenvalue weighted by Gasteiger charge is 2.58. The van der Waals surface area contributed by atoms with E-state index in [4.69, 9.17) is 19.4 Å². The van der Waals surface area contributed by atoms with Crippen molar-refractivity contribution in [1.29, 1.82) is 0 Å². The Morgan fingerprint density at radius 1 is 0.645 bits per heavy atom. The second kappa shape index (κ2) is 16.6. The van der Waals surface area contributed by atoms with E-state index < -0.39 is 24.3 Å². The average Bonchev–Trinajstić information content (AvgIpc) is 3.87. The summed E-state index contributed by atoms with van der Waals surface area (Å²) in [6.45, 7) is 2.04. The molecule has 6 aliphatic rings. The summed E-state index contributed by atoms with van der Waals surface area (Å²) in [7, 11) is 0. The quantitative estimate of drug-likeness (QED) is 0.113. The van der Waals surface area contributed by atoms with E-state index in [1.165, 1.54) is 0 Å². The number of hydrogen-bond acceptors (Lipinski definition) is 8. The van der Waals surface area contributed by atoms with Crippen molar-refractivity contribution >= 4 is 24.0 Å². The number of ether oxygens (including phenoxy) is 2. The van der Waals surface area contributed by atoms with E-state index in [1.807, 2.05) is 58.3 Å². The molecule has 2 saturated carbocycles. The number of nitrogens with zero attached hydrogens (tertiary/aromatic N) is 4. The zero-order valence-corrected chi connectivity index (χ0v) is 34.2. The predicted molar refractivity (Wildman–Crippen MR) is 223 cm³/mol. The largest absolute Gasteiger partial charge is 0.465 e. The number of aromatic amines is 2. The van der Waals surface area contributed by atoms with Gasteiger partial charge in [0, 0.05) is 60.8 Å². The summed E-state index contributed by atoms with van der Waals surface area (Å²) < 4.78 is 11.0. The molecule has 10 rings (SSSR count). The summed E-state index contributed by atoms with van der Waals surface area (Å²) in [5.74, 6) is 8.16. The molecule has 0 bridgehead atoms. The number of aromatic nitrogens is 4. The van der Waals surface area contributed by atoms with Crippen molar-refractivity contribution in [3.05, 3.63) is 83.7 Å². The van der Waals surface area contributed by atoms with Crippen molar-refractivity contribution in [2.24, 2.45) is 23.7 Å². The third-order valence-corrected chi connectivity index (χ3v) is 13.8. The molecular weight excluding hydrogens is 793 g/mol. The molecule has 6 fully saturated rings. The molecule has 8 atom stereocenters. The third-order valence-electron chi connectivity index (χ3n) is 13.8. The van der Waals surface area contributed by atoms with Gasteiger partial charge in [-0.05, 0) is 99.3 Å². The Balaban J connectivity index is 0.827. The highest BCUT2D eigenvalue weighted by Crippen LogP contribution is 2.55. The molecular formula is C46H50N8O8. The van der Waals surface area contributed by atoms with E-state index in [1.54, 1.807) is 12.4 Å². The summed E-state index contributed by atoms with van der Waals surface area (Å²) >= 11 is 0. The highest BCUT2D eigenvalue weighted by atomic mass is 16.5. The molecule has 62 heavy (non-hydrogen) atoms. The number of piperidine rings is 2. The second-order valence-electron chi connectivity index (χ2n) is 17.7. The van der Waals surface area contributed by atoms with Crippen LogP contribution in [0.3, 0.4) is 0 Å². The molecule has 0 radical (unpaired) electrons. The number of benzene rings is 2. The van der Waals surface area contributed by atoms with E-state index >= 15 is 0 Å². The number of amides is 4. The van der Waals surface area contributed by atoms with Crippen molar-refractivity contribution in [1.82, 2.24) is 40.4 Å². The number of H-pyrrole nitrogens is 2. The summed E-state index contributed by atoms with van der Waals surface area (Å²) in [6, 6.07) is 13.8. The lowest BCUT2D eigenvalue weighted by Crippen LogP contribution is -2.53. The average molecular weight is 843 g/mol. The van der Waals surface area contributed by atoms with E-state index in [0.717, 1.165) is 59.3 Å². The van der Waals surface area contributed by atoms with Crippen LogP contribution in [-0.4, -0.2) is 115 Å². The van der Waals surface area contributed by atoms with Gasteiger partial charge in [0.05, 0.1) is 35.9 Å². The number of hydrogen-bond donors (Lipinski definition) is 6. The molecule has 16 heteroatoms. The Kier molecular flexibility index (Phi) is 10.7. The molecule has 4 aromatic rings. The van der Waals surface area contributed by atoms with Gasteiger partial charge in [-0.3, -0.25) is 9.59 Å². The Hall–Kier alpha value is -6.18. The summed E-state index contributed by atoms with van der Waals surface area (Å²) in [6.07, 6.45) is 7.09. The number of imidazole rings is 2. The maximum Gasteiger partial charge on any atom is 0.405 e. The van der Waals surface area contributed by atoms with Gasteiger partial charge in [0.1, 0.15) is 23.7 Å². The van der Waals surface area contributed by atoms with E-state index in [-0.39, 0.29) is 47.8 Å². The van der Waals surface area contributed by atoms with Crippen LogP contribution in [0.5, 0.6) is 0 Å². The fourth-order valence-electron chi connectivity index (χ4n) is 10.5. The Morgan fingerprint density at radius 3 is 1.47 bits per heavy atom. The standard InChI is InChI=1S/C46H50N8O8/c55-43(39(51-45(57)58)27-9-13-61-14-10-27)53-35-19-31(35)21-37(53)41-47-23-33(49-41)29-5-1-3-25(17-29)7-8-26-4-2-6-30(18-26)34-24-48-42(50-34)38-22-32-20-36(32)54(38)44(56)40(52-46(59)60)28-11-15-62-16-12-28/h1-6,17-18,23-24,27-28,31-32,35-40,51-52H,9-16,19-22H2,(H,47,49)(H,48,50)(H,57,58)(H,59,60)/t31-,32-,35-,36-,37+,38+,39+,40+/m1/s1. The fraction of sp³-hybridized carbons (Fsp3) is 0.478. The van der Waals surface area contributed by atoms with Crippen LogP contribution in [0.4, 0.5) is 9.59 Å². The maximum absolute atomic E-state index is 14.1. The van der Waals surface area contributed by atoms with Crippen LogP contribution in [0.1, 0.15) is 86.2 Å². The number of rotatable bonds is 10. The minimum Gasteiger partial charge on any atom is -0.465 e. The maximum atomic E-state index is 14.1. The van der Waals surface area contributed by atoms with Crippen molar-refractivity contribution in [3.8, 4) is 34.4 Å². The van der Waals surface area contributed by atoms with Crippen LogP contribution < -0.4 is 10.6 Å². The van der Waals surface area contributed by atoms with E-state index in [0.29, 0.717) is 75.6 Å². The first-order valence-electron chi connectivity index (χ1n) is 21.8. The van der Waals surface area contributed by atoms with Crippen LogP contribution in [0.25, 0.3) is 22.5 Å². The van der Waals surface area contributed by atoms with E-state index in [9.17, 15) is 29.4 Å². The van der Waals surface area contributed by atoms with Crippen molar-refractivity contribution in [2.75, 3.05) is 26.4 Å².